The van der Waals surface area contributed by atoms with Gasteiger partial charge in [0.25, 0.3) is 0 Å². The minimum Gasteiger partial charge on any atom is -0.462 e. The van der Waals surface area contributed by atoms with Crippen LogP contribution in [-0.4, -0.2) is 41.5 Å². The molecule has 0 atom stereocenters. The van der Waals surface area contributed by atoms with Crippen LogP contribution in [0.15, 0.2) is 30.6 Å². The van der Waals surface area contributed by atoms with Crippen LogP contribution in [0.1, 0.15) is 34.1 Å². The SMILES string of the molecule is CCOC(=O)c1sc2ncnc(NCC(=O)N3CCCc4ccccc43)c2c1C. The van der Waals surface area contributed by atoms with E-state index in [1.165, 1.54) is 23.2 Å². The van der Waals surface area contributed by atoms with Gasteiger partial charge in [0.2, 0.25) is 5.91 Å². The van der Waals surface area contributed by atoms with Gasteiger partial charge in [-0.2, -0.15) is 0 Å². The lowest BCUT2D eigenvalue weighted by Crippen LogP contribution is -2.39. The van der Waals surface area contributed by atoms with E-state index < -0.39 is 0 Å². The summed E-state index contributed by atoms with van der Waals surface area (Å²) < 4.78 is 5.13. The molecule has 4 rings (SSSR count). The monoisotopic (exact) mass is 410 g/mol. The lowest BCUT2D eigenvalue weighted by molar-refractivity contribution is -0.117. The minimum absolute atomic E-state index is 0.0117. The molecule has 150 valence electrons. The lowest BCUT2D eigenvalue weighted by atomic mass is 10.0. The summed E-state index contributed by atoms with van der Waals surface area (Å²) in [6.45, 7) is 4.76. The highest BCUT2D eigenvalue weighted by atomic mass is 32.1. The molecule has 2 aromatic heterocycles. The van der Waals surface area contributed by atoms with Gasteiger partial charge < -0.3 is 15.0 Å². The van der Waals surface area contributed by atoms with Crippen molar-refractivity contribution in [2.75, 3.05) is 29.9 Å². The molecule has 3 heterocycles. The molecule has 1 aliphatic heterocycles. The first-order valence-corrected chi connectivity index (χ1v) is 10.4. The van der Waals surface area contributed by atoms with E-state index in [1.807, 2.05) is 30.0 Å². The fraction of sp³-hybridized carbons (Fsp3) is 0.333. The summed E-state index contributed by atoms with van der Waals surface area (Å²) in [5.41, 5.74) is 2.95. The maximum atomic E-state index is 12.9. The van der Waals surface area contributed by atoms with E-state index in [9.17, 15) is 9.59 Å². The van der Waals surface area contributed by atoms with Crippen LogP contribution in [-0.2, 0) is 16.0 Å². The average Bonchev–Trinajstić information content (AvgIpc) is 3.09. The second-order valence-corrected chi connectivity index (χ2v) is 7.81. The molecule has 7 nitrogen and oxygen atoms in total. The molecule has 8 heteroatoms. The maximum Gasteiger partial charge on any atom is 0.348 e. The van der Waals surface area contributed by atoms with Crippen LogP contribution >= 0.6 is 11.3 Å². The maximum absolute atomic E-state index is 12.9. The smallest absolute Gasteiger partial charge is 0.348 e. The fourth-order valence-electron chi connectivity index (χ4n) is 3.64. The second kappa shape index (κ2) is 8.16. The summed E-state index contributed by atoms with van der Waals surface area (Å²) in [5, 5.41) is 3.91. The Balaban J connectivity index is 1.56. The predicted octanol–water partition coefficient (Wildman–Crippen LogP) is 3.57. The molecule has 0 spiro atoms. The van der Waals surface area contributed by atoms with Crippen LogP contribution in [0.4, 0.5) is 11.5 Å². The van der Waals surface area contributed by atoms with Crippen molar-refractivity contribution >= 4 is 44.9 Å². The normalized spacial score (nSPS) is 13.2. The standard InChI is InChI=1S/C21H22N4O3S/c1-3-28-21(27)18-13(2)17-19(23-12-24-20(17)29-18)22-11-16(26)25-10-6-8-14-7-4-5-9-15(14)25/h4-5,7,9,12H,3,6,8,10-11H2,1-2H3,(H,22,23,24). The Morgan fingerprint density at radius 1 is 1.28 bits per heavy atom. The summed E-state index contributed by atoms with van der Waals surface area (Å²) in [5.74, 6) is 0.181. The van der Waals surface area contributed by atoms with E-state index >= 15 is 0 Å². The molecule has 0 aliphatic carbocycles. The largest absolute Gasteiger partial charge is 0.462 e. The first-order valence-electron chi connectivity index (χ1n) is 9.63. The third kappa shape index (κ3) is 3.67. The molecule has 0 bridgehead atoms. The molecule has 0 unspecified atom stereocenters. The molecule has 0 saturated heterocycles. The zero-order valence-corrected chi connectivity index (χ0v) is 17.2. The number of aromatic nitrogens is 2. The molecule has 1 aliphatic rings. The van der Waals surface area contributed by atoms with Gasteiger partial charge in [-0.1, -0.05) is 18.2 Å². The minimum atomic E-state index is -0.361. The predicted molar refractivity (Wildman–Crippen MR) is 114 cm³/mol. The van der Waals surface area contributed by atoms with Crippen molar-refractivity contribution in [1.82, 2.24) is 9.97 Å². The van der Waals surface area contributed by atoms with Crippen LogP contribution < -0.4 is 10.2 Å². The molecule has 0 saturated carbocycles. The molecule has 3 aromatic rings. The molecule has 29 heavy (non-hydrogen) atoms. The third-order valence-electron chi connectivity index (χ3n) is 5.01. The first kappa shape index (κ1) is 19.3. The van der Waals surface area contributed by atoms with E-state index in [-0.39, 0.29) is 18.4 Å². The Kier molecular flexibility index (Phi) is 5.44. The Hall–Kier alpha value is -3.00. The highest BCUT2D eigenvalue weighted by Gasteiger charge is 2.23. The molecular formula is C21H22N4O3S. The zero-order valence-electron chi connectivity index (χ0n) is 16.4. The number of anilines is 2. The van der Waals surface area contributed by atoms with E-state index in [0.717, 1.165) is 29.5 Å². The van der Waals surface area contributed by atoms with Crippen LogP contribution in [0.25, 0.3) is 10.2 Å². The molecule has 0 fully saturated rings. The van der Waals surface area contributed by atoms with Gasteiger partial charge in [-0.15, -0.1) is 11.3 Å². The number of rotatable bonds is 5. The summed E-state index contributed by atoms with van der Waals surface area (Å²) in [4.78, 5) is 36.7. The van der Waals surface area contributed by atoms with Crippen LogP contribution in [0, 0.1) is 6.92 Å². The lowest BCUT2D eigenvalue weighted by Gasteiger charge is -2.29. The van der Waals surface area contributed by atoms with E-state index in [4.69, 9.17) is 4.74 Å². The van der Waals surface area contributed by atoms with Gasteiger partial charge in [0.05, 0.1) is 18.5 Å². The van der Waals surface area contributed by atoms with Crippen molar-refractivity contribution in [3.05, 3.63) is 46.6 Å². The van der Waals surface area contributed by atoms with Gasteiger partial charge in [0.1, 0.15) is 21.9 Å². The Morgan fingerprint density at radius 3 is 2.93 bits per heavy atom. The van der Waals surface area contributed by atoms with Crippen LogP contribution in [0.2, 0.25) is 0 Å². The van der Waals surface area contributed by atoms with Gasteiger partial charge in [0, 0.05) is 12.2 Å². The number of carbonyl (C=O) groups excluding carboxylic acids is 2. The number of aryl methyl sites for hydroxylation is 2. The summed E-state index contributed by atoms with van der Waals surface area (Å²) in [6.07, 6.45) is 3.38. The van der Waals surface area contributed by atoms with Crippen molar-refractivity contribution < 1.29 is 14.3 Å². The number of hydrogen-bond donors (Lipinski definition) is 1. The molecular weight excluding hydrogens is 388 g/mol. The summed E-state index contributed by atoms with van der Waals surface area (Å²) >= 11 is 1.28. The molecule has 1 aromatic carbocycles. The number of ether oxygens (including phenoxy) is 1. The highest BCUT2D eigenvalue weighted by Crippen LogP contribution is 2.34. The zero-order chi connectivity index (χ0) is 20.4. The van der Waals surface area contributed by atoms with Gasteiger partial charge in [-0.05, 0) is 43.9 Å². The number of nitrogens with zero attached hydrogens (tertiary/aromatic N) is 3. The average molecular weight is 410 g/mol. The van der Waals surface area contributed by atoms with Crippen LogP contribution in [0.3, 0.4) is 0 Å². The highest BCUT2D eigenvalue weighted by molar-refractivity contribution is 7.20. The molecule has 0 radical (unpaired) electrons. The topological polar surface area (TPSA) is 84.4 Å². The van der Waals surface area contributed by atoms with Crippen molar-refractivity contribution in [2.45, 2.75) is 26.7 Å². The quantitative estimate of drug-likeness (QED) is 0.648. The van der Waals surface area contributed by atoms with Gasteiger partial charge >= 0.3 is 5.97 Å². The number of fused-ring (bicyclic) bond motifs is 2. The van der Waals surface area contributed by atoms with E-state index in [1.54, 1.807) is 6.92 Å². The number of benzene rings is 1. The Labute approximate surface area is 172 Å². The second-order valence-electron chi connectivity index (χ2n) is 6.81. The summed E-state index contributed by atoms with van der Waals surface area (Å²) in [7, 11) is 0. The van der Waals surface area contributed by atoms with Crippen molar-refractivity contribution in [2.24, 2.45) is 0 Å². The Morgan fingerprint density at radius 2 is 2.10 bits per heavy atom. The number of amides is 1. The number of nitrogens with one attached hydrogen (secondary N) is 1. The number of hydrogen-bond acceptors (Lipinski definition) is 7. The Bertz CT molecular complexity index is 1080. The van der Waals surface area contributed by atoms with Gasteiger partial charge in [0.15, 0.2) is 0 Å². The first-order chi connectivity index (χ1) is 14.1. The van der Waals surface area contributed by atoms with E-state index in [0.29, 0.717) is 28.7 Å². The van der Waals surface area contributed by atoms with E-state index in [2.05, 4.69) is 21.4 Å². The number of carbonyl (C=O) groups is 2. The van der Waals surface area contributed by atoms with Crippen LogP contribution in [0.5, 0.6) is 0 Å². The molecule has 1 N–H and O–H groups in total. The van der Waals surface area contributed by atoms with Gasteiger partial charge in [-0.3, -0.25) is 4.79 Å². The van der Waals surface area contributed by atoms with Crippen molar-refractivity contribution in [1.29, 1.82) is 0 Å². The number of esters is 1. The number of thiophene rings is 1. The van der Waals surface area contributed by atoms with Gasteiger partial charge in [-0.25, -0.2) is 14.8 Å². The third-order valence-corrected chi connectivity index (χ3v) is 6.19. The number of para-hydroxylation sites is 1. The van der Waals surface area contributed by atoms with Crippen molar-refractivity contribution in [3.8, 4) is 0 Å². The fourth-order valence-corrected chi connectivity index (χ4v) is 4.69. The molecule has 1 amide bonds. The summed E-state index contributed by atoms with van der Waals surface area (Å²) in [6, 6.07) is 8.02. The van der Waals surface area contributed by atoms with Crippen molar-refractivity contribution in [3.63, 3.8) is 0 Å².